The lowest BCUT2D eigenvalue weighted by molar-refractivity contribution is 0.0651. The lowest BCUT2D eigenvalue weighted by atomic mass is 10.1. The van der Waals surface area contributed by atoms with Crippen LogP contribution >= 0.6 is 34.0 Å². The summed E-state index contributed by atoms with van der Waals surface area (Å²) in [5.41, 5.74) is 0.857. The molecule has 3 aromatic heterocycles. The van der Waals surface area contributed by atoms with E-state index < -0.39 is 8.07 Å². The van der Waals surface area contributed by atoms with Gasteiger partial charge in [-0.25, -0.2) is 8.78 Å². The first kappa shape index (κ1) is 38.5. The summed E-state index contributed by atoms with van der Waals surface area (Å²) in [4.78, 5) is 33.3. The minimum absolute atomic E-state index is 0.0908. The number of hydrogen-bond acceptors (Lipinski definition) is 5. The lowest BCUT2D eigenvalue weighted by Crippen LogP contribution is -2.56. The fraction of sp³-hybridized carbons (Fsp3) is 0.650. The van der Waals surface area contributed by atoms with E-state index in [9.17, 15) is 9.59 Å². The summed E-state index contributed by atoms with van der Waals surface area (Å²) in [6, 6.07) is 1.75. The Morgan fingerprint density at radius 2 is 0.959 bits per heavy atom. The second-order valence-corrected chi connectivity index (χ2v) is 22.1. The third-order valence-corrected chi connectivity index (χ3v) is 20.2. The van der Waals surface area contributed by atoms with Gasteiger partial charge in [-0.2, -0.15) is 0 Å². The first-order valence-electron chi connectivity index (χ1n) is 19.4. The van der Waals surface area contributed by atoms with Crippen LogP contribution in [0.1, 0.15) is 167 Å². The van der Waals surface area contributed by atoms with Crippen LogP contribution in [0.25, 0.3) is 19.5 Å². The zero-order valence-corrected chi connectivity index (χ0v) is 34.0. The smallest absolute Gasteiger partial charge is 0.263 e. The summed E-state index contributed by atoms with van der Waals surface area (Å²) < 4.78 is 33.7. The SMILES string of the molecule is CCCCCCCCN1C(=O)c2c(C)sc(-c3sc4c(c3F)[Si](CCCCCCCC)(CCCCCCCC)c3c-4sc(C)c3F)c2C1=O. The summed E-state index contributed by atoms with van der Waals surface area (Å²) in [5, 5.41) is 1.67. The number of nitrogens with zero attached hydrogens (tertiary/aromatic N) is 1. The van der Waals surface area contributed by atoms with Crippen LogP contribution in [0.2, 0.25) is 12.1 Å². The van der Waals surface area contributed by atoms with Crippen molar-refractivity contribution >= 4 is 64.3 Å². The van der Waals surface area contributed by atoms with Crippen molar-refractivity contribution in [3.63, 3.8) is 0 Å². The molecule has 9 heteroatoms. The highest BCUT2D eigenvalue weighted by Gasteiger charge is 2.53. The maximum absolute atomic E-state index is 17.4. The minimum Gasteiger partial charge on any atom is -0.274 e. The molecule has 0 saturated carbocycles. The Labute approximate surface area is 306 Å². The number of aryl methyl sites for hydroxylation is 2. The highest BCUT2D eigenvalue weighted by Crippen LogP contribution is 2.51. The Bertz CT molecular complexity index is 1590. The van der Waals surface area contributed by atoms with Crippen molar-refractivity contribution in [2.75, 3.05) is 6.54 Å². The number of fused-ring (bicyclic) bond motifs is 4. The molecule has 5 rings (SSSR count). The largest absolute Gasteiger partial charge is 0.274 e. The van der Waals surface area contributed by atoms with Crippen LogP contribution in [0.3, 0.4) is 0 Å². The fourth-order valence-electron chi connectivity index (χ4n) is 8.20. The zero-order valence-electron chi connectivity index (χ0n) is 30.6. The molecule has 2 aliphatic rings. The van der Waals surface area contributed by atoms with Crippen molar-refractivity contribution in [2.45, 2.75) is 162 Å². The van der Waals surface area contributed by atoms with Gasteiger partial charge >= 0.3 is 0 Å². The van der Waals surface area contributed by atoms with Gasteiger partial charge < -0.3 is 0 Å². The van der Waals surface area contributed by atoms with Crippen molar-refractivity contribution in [1.82, 2.24) is 4.90 Å². The maximum atomic E-state index is 17.4. The van der Waals surface area contributed by atoms with E-state index in [-0.39, 0.29) is 23.4 Å². The molecule has 3 nitrogen and oxygen atoms in total. The molecule has 0 aromatic carbocycles. The third kappa shape index (κ3) is 7.75. The number of hydrogen-bond donors (Lipinski definition) is 0. The number of thiophene rings is 3. The van der Waals surface area contributed by atoms with E-state index in [4.69, 9.17) is 0 Å². The predicted molar refractivity (Wildman–Crippen MR) is 210 cm³/mol. The van der Waals surface area contributed by atoms with Crippen molar-refractivity contribution in [3.05, 3.63) is 32.5 Å². The van der Waals surface area contributed by atoms with Gasteiger partial charge in [0.05, 0.1) is 20.9 Å². The molecule has 2 amide bonds. The van der Waals surface area contributed by atoms with E-state index in [2.05, 4.69) is 20.8 Å². The van der Waals surface area contributed by atoms with Crippen LogP contribution in [0.15, 0.2) is 0 Å². The van der Waals surface area contributed by atoms with Crippen LogP contribution < -0.4 is 10.4 Å². The summed E-state index contributed by atoms with van der Waals surface area (Å²) in [6.07, 6.45) is 20.3. The van der Waals surface area contributed by atoms with E-state index in [0.717, 1.165) is 82.0 Å². The number of unbranched alkanes of at least 4 members (excludes halogenated alkanes) is 15. The monoisotopic (exact) mass is 745 g/mol. The minimum atomic E-state index is -2.77. The van der Waals surface area contributed by atoms with E-state index in [0.29, 0.717) is 32.3 Å². The number of imide groups is 1. The number of carbonyl (C=O) groups excluding carboxylic acids is 2. The van der Waals surface area contributed by atoms with E-state index >= 15 is 8.78 Å². The summed E-state index contributed by atoms with van der Waals surface area (Å²) >= 11 is 4.29. The standard InChI is InChI=1S/C40H57F2NO2S3Si/c1-6-9-12-15-18-21-24-43-39(44)29-27(4)46-33(30(29)40(43)45)34-32(42)38-36(48-34)35-37(31(41)28(5)47-35)49(38,25-22-19-16-13-10-7-2)26-23-20-17-14-11-8-3/h6-26H2,1-5H3. The fourth-order valence-corrected chi connectivity index (χ4v) is 19.0. The van der Waals surface area contributed by atoms with Gasteiger partial charge in [0.15, 0.2) is 0 Å². The number of rotatable bonds is 22. The van der Waals surface area contributed by atoms with Gasteiger partial charge in [0, 0.05) is 36.4 Å². The quantitative estimate of drug-likeness (QED) is 0.0583. The molecular weight excluding hydrogens is 689 g/mol. The van der Waals surface area contributed by atoms with Gasteiger partial charge in [-0.15, -0.1) is 34.0 Å². The van der Waals surface area contributed by atoms with Crippen LogP contribution in [0, 0.1) is 25.5 Å². The van der Waals surface area contributed by atoms with Crippen molar-refractivity contribution < 1.29 is 18.4 Å². The molecule has 0 spiro atoms. The van der Waals surface area contributed by atoms with Crippen LogP contribution in [0.5, 0.6) is 0 Å². The maximum Gasteiger partial charge on any atom is 0.263 e. The Morgan fingerprint density at radius 1 is 0.510 bits per heavy atom. The van der Waals surface area contributed by atoms with Gasteiger partial charge in [-0.3, -0.25) is 14.5 Å². The van der Waals surface area contributed by atoms with Crippen LogP contribution in [-0.2, 0) is 0 Å². The van der Waals surface area contributed by atoms with Gasteiger partial charge in [-0.1, -0.05) is 130 Å². The summed E-state index contributed by atoms with van der Waals surface area (Å²) in [6.45, 7) is 10.8. The molecule has 5 heterocycles. The summed E-state index contributed by atoms with van der Waals surface area (Å²) in [5.74, 6) is -0.830. The van der Waals surface area contributed by atoms with Crippen LogP contribution in [-0.4, -0.2) is 31.3 Å². The molecule has 0 radical (unpaired) electrons. The zero-order chi connectivity index (χ0) is 35.1. The first-order valence-corrected chi connectivity index (χ1v) is 24.2. The molecule has 3 aromatic rings. The number of amides is 2. The van der Waals surface area contributed by atoms with Gasteiger partial charge in [0.2, 0.25) is 0 Å². The molecule has 0 atom stereocenters. The number of carbonyl (C=O) groups is 2. The molecule has 0 saturated heterocycles. The summed E-state index contributed by atoms with van der Waals surface area (Å²) in [7, 11) is -2.77. The average molecular weight is 746 g/mol. The normalized spacial score (nSPS) is 14.7. The van der Waals surface area contributed by atoms with Crippen molar-refractivity contribution in [1.29, 1.82) is 0 Å². The average Bonchev–Trinajstić information content (AvgIpc) is 3.83. The molecule has 0 aliphatic carbocycles. The topological polar surface area (TPSA) is 37.4 Å². The number of halogens is 2. The van der Waals surface area contributed by atoms with E-state index in [1.807, 2.05) is 13.8 Å². The second-order valence-electron chi connectivity index (χ2n) is 14.5. The Balaban J connectivity index is 1.50. The van der Waals surface area contributed by atoms with Gasteiger partial charge in [-0.05, 0) is 32.4 Å². The Kier molecular flexibility index (Phi) is 13.9. The Morgan fingerprint density at radius 3 is 1.53 bits per heavy atom. The molecular formula is C40H57F2NO2S3Si. The third-order valence-electron chi connectivity index (χ3n) is 10.9. The van der Waals surface area contributed by atoms with Gasteiger partial charge in [0.25, 0.3) is 11.8 Å². The highest BCUT2D eigenvalue weighted by atomic mass is 32.1. The molecule has 0 bridgehead atoms. The second kappa shape index (κ2) is 17.7. The molecule has 2 aliphatic heterocycles. The van der Waals surface area contributed by atoms with Gasteiger partial charge in [0.1, 0.15) is 19.7 Å². The highest BCUT2D eigenvalue weighted by molar-refractivity contribution is 7.32. The first-order chi connectivity index (χ1) is 23.7. The predicted octanol–water partition coefficient (Wildman–Crippen LogP) is 12.7. The van der Waals surface area contributed by atoms with Crippen molar-refractivity contribution in [2.24, 2.45) is 0 Å². The molecule has 0 unspecified atom stereocenters. The Hall–Kier alpha value is -1.68. The molecule has 270 valence electrons. The van der Waals surface area contributed by atoms with E-state index in [1.165, 1.54) is 110 Å². The molecule has 0 fully saturated rings. The molecule has 0 N–H and O–H groups in total. The van der Waals surface area contributed by atoms with E-state index in [1.54, 1.807) is 0 Å². The molecule has 49 heavy (non-hydrogen) atoms. The van der Waals surface area contributed by atoms with Crippen molar-refractivity contribution in [3.8, 4) is 19.5 Å². The lowest BCUT2D eigenvalue weighted by Gasteiger charge is -2.29. The van der Waals surface area contributed by atoms with Crippen LogP contribution in [0.4, 0.5) is 8.78 Å².